The van der Waals surface area contributed by atoms with Crippen molar-refractivity contribution in [3.63, 3.8) is 0 Å². The molecule has 1 atom stereocenters. The second kappa shape index (κ2) is 12.2. The number of carbonyl (C=O) groups excluding carboxylic acids is 1. The first kappa shape index (κ1) is 17.5. The zero-order valence-electron chi connectivity index (χ0n) is 13.5. The first-order chi connectivity index (χ1) is 9.83. The van der Waals surface area contributed by atoms with Gasteiger partial charge in [-0.2, -0.15) is 0 Å². The molecule has 2 heteroatoms. The summed E-state index contributed by atoms with van der Waals surface area (Å²) in [5.74, 6) is 0.00827. The fourth-order valence-corrected chi connectivity index (χ4v) is 3.00. The number of hydrogen-bond donors (Lipinski definition) is 0. The minimum atomic E-state index is 0.00827. The van der Waals surface area contributed by atoms with Crippen LogP contribution in [-0.4, -0.2) is 12.1 Å². The predicted octanol–water partition coefficient (Wildman–Crippen LogP) is 5.78. The molecule has 0 aromatic rings. The van der Waals surface area contributed by atoms with Crippen molar-refractivity contribution in [1.29, 1.82) is 0 Å². The molecule has 0 bridgehead atoms. The van der Waals surface area contributed by atoms with Gasteiger partial charge in [-0.25, -0.2) is 0 Å². The van der Waals surface area contributed by atoms with Crippen LogP contribution in [0.25, 0.3) is 0 Å². The Balaban J connectivity index is 1.71. The summed E-state index contributed by atoms with van der Waals surface area (Å²) >= 11 is 0. The fraction of sp³-hybridized carbons (Fsp3) is 0.944. The van der Waals surface area contributed by atoms with Crippen LogP contribution in [0.2, 0.25) is 0 Å². The first-order valence-electron chi connectivity index (χ1n) is 9.02. The van der Waals surface area contributed by atoms with E-state index in [1.807, 2.05) is 0 Å². The van der Waals surface area contributed by atoms with Gasteiger partial charge in [0.15, 0.2) is 0 Å². The molecule has 0 aliphatic carbocycles. The average molecular weight is 282 g/mol. The first-order valence-corrected chi connectivity index (χ1v) is 9.02. The molecule has 1 rings (SSSR count). The van der Waals surface area contributed by atoms with Gasteiger partial charge in [0.05, 0.1) is 0 Å². The van der Waals surface area contributed by atoms with E-state index in [-0.39, 0.29) is 12.1 Å². The molecule has 0 unspecified atom stereocenters. The normalized spacial score (nSPS) is 18.4. The smallest absolute Gasteiger partial charge is 0.306 e. The van der Waals surface area contributed by atoms with Crippen molar-refractivity contribution < 1.29 is 9.53 Å². The quantitative estimate of drug-likeness (QED) is 0.316. The number of esters is 1. The Morgan fingerprint density at radius 1 is 0.850 bits per heavy atom. The van der Waals surface area contributed by atoms with E-state index >= 15 is 0 Å². The van der Waals surface area contributed by atoms with Crippen LogP contribution in [0.4, 0.5) is 0 Å². The van der Waals surface area contributed by atoms with Crippen molar-refractivity contribution in [2.24, 2.45) is 0 Å². The zero-order chi connectivity index (χ0) is 14.5. The lowest BCUT2D eigenvalue weighted by Crippen LogP contribution is -2.06. The van der Waals surface area contributed by atoms with Gasteiger partial charge in [0, 0.05) is 6.42 Å². The van der Waals surface area contributed by atoms with Crippen molar-refractivity contribution in [3.05, 3.63) is 0 Å². The maximum atomic E-state index is 10.9. The van der Waals surface area contributed by atoms with Crippen LogP contribution in [0.1, 0.15) is 103 Å². The van der Waals surface area contributed by atoms with Crippen LogP contribution >= 0.6 is 0 Å². The van der Waals surface area contributed by atoms with E-state index in [0.29, 0.717) is 6.42 Å². The van der Waals surface area contributed by atoms with Crippen molar-refractivity contribution in [1.82, 2.24) is 0 Å². The highest BCUT2D eigenvalue weighted by atomic mass is 16.5. The van der Waals surface area contributed by atoms with Crippen LogP contribution in [0.3, 0.4) is 0 Å². The molecule has 1 fully saturated rings. The van der Waals surface area contributed by atoms with E-state index in [1.165, 1.54) is 77.0 Å². The molecule has 0 spiro atoms. The van der Waals surface area contributed by atoms with Gasteiger partial charge in [0.25, 0.3) is 0 Å². The molecule has 118 valence electrons. The molecule has 0 aromatic heterocycles. The second-order valence-electron chi connectivity index (χ2n) is 6.33. The standard InChI is InChI=1S/C18H34O2/c1-2-3-4-5-6-7-8-9-10-11-12-13-14-17-15-16-18(19)20-17/h17H,2-16H2,1H3/t17-/m0/s1. The van der Waals surface area contributed by atoms with Crippen LogP contribution in [0.5, 0.6) is 0 Å². The summed E-state index contributed by atoms with van der Waals surface area (Å²) in [5, 5.41) is 0. The highest BCUT2D eigenvalue weighted by Gasteiger charge is 2.22. The van der Waals surface area contributed by atoms with Crippen LogP contribution in [-0.2, 0) is 9.53 Å². The monoisotopic (exact) mass is 282 g/mol. The van der Waals surface area contributed by atoms with Gasteiger partial charge in [-0.3, -0.25) is 4.79 Å². The van der Waals surface area contributed by atoms with Gasteiger partial charge in [-0.1, -0.05) is 77.6 Å². The van der Waals surface area contributed by atoms with Crippen LogP contribution in [0.15, 0.2) is 0 Å². The Morgan fingerprint density at radius 3 is 1.80 bits per heavy atom. The lowest BCUT2D eigenvalue weighted by molar-refractivity contribution is -0.141. The van der Waals surface area contributed by atoms with Gasteiger partial charge in [-0.15, -0.1) is 0 Å². The molecule has 0 N–H and O–H groups in total. The summed E-state index contributed by atoms with van der Waals surface area (Å²) < 4.78 is 5.22. The number of cyclic esters (lactones) is 1. The number of ether oxygens (including phenoxy) is 1. The zero-order valence-corrected chi connectivity index (χ0v) is 13.5. The largest absolute Gasteiger partial charge is 0.462 e. The molecule has 0 radical (unpaired) electrons. The highest BCUT2D eigenvalue weighted by Crippen LogP contribution is 2.20. The van der Waals surface area contributed by atoms with E-state index in [9.17, 15) is 4.79 Å². The summed E-state index contributed by atoms with van der Waals surface area (Å²) in [6, 6.07) is 0. The molecule has 2 nitrogen and oxygen atoms in total. The van der Waals surface area contributed by atoms with Crippen LogP contribution < -0.4 is 0 Å². The van der Waals surface area contributed by atoms with Gasteiger partial charge < -0.3 is 4.74 Å². The summed E-state index contributed by atoms with van der Waals surface area (Å²) in [6.07, 6.45) is 19.5. The van der Waals surface area contributed by atoms with Gasteiger partial charge >= 0.3 is 5.97 Å². The third-order valence-corrected chi connectivity index (χ3v) is 4.35. The number of rotatable bonds is 13. The van der Waals surface area contributed by atoms with Crippen molar-refractivity contribution in [2.45, 2.75) is 109 Å². The number of hydrogen-bond acceptors (Lipinski definition) is 2. The van der Waals surface area contributed by atoms with E-state index in [0.717, 1.165) is 12.8 Å². The lowest BCUT2D eigenvalue weighted by atomic mass is 10.0. The molecular formula is C18H34O2. The molecular weight excluding hydrogens is 248 g/mol. The maximum absolute atomic E-state index is 10.9. The molecule has 1 saturated heterocycles. The molecule has 0 saturated carbocycles. The Hall–Kier alpha value is -0.530. The molecule has 20 heavy (non-hydrogen) atoms. The molecule has 0 amide bonds. The predicted molar refractivity (Wildman–Crippen MR) is 84.8 cm³/mol. The maximum Gasteiger partial charge on any atom is 0.306 e. The summed E-state index contributed by atoms with van der Waals surface area (Å²) in [5.41, 5.74) is 0. The van der Waals surface area contributed by atoms with Crippen molar-refractivity contribution in [2.75, 3.05) is 0 Å². The van der Waals surface area contributed by atoms with Crippen molar-refractivity contribution >= 4 is 5.97 Å². The van der Waals surface area contributed by atoms with E-state index in [2.05, 4.69) is 6.92 Å². The Kier molecular flexibility index (Phi) is 10.7. The lowest BCUT2D eigenvalue weighted by Gasteiger charge is -2.08. The molecule has 1 aliphatic rings. The van der Waals surface area contributed by atoms with E-state index in [4.69, 9.17) is 4.74 Å². The van der Waals surface area contributed by atoms with E-state index < -0.39 is 0 Å². The Bertz CT molecular complexity index is 238. The Morgan fingerprint density at radius 2 is 1.35 bits per heavy atom. The minimum absolute atomic E-state index is 0.00827. The summed E-state index contributed by atoms with van der Waals surface area (Å²) in [6.45, 7) is 2.27. The number of carbonyl (C=O) groups is 1. The van der Waals surface area contributed by atoms with E-state index in [1.54, 1.807) is 0 Å². The number of unbranched alkanes of at least 4 members (excludes halogenated alkanes) is 11. The molecule has 0 aromatic carbocycles. The Labute approximate surface area is 125 Å². The van der Waals surface area contributed by atoms with Gasteiger partial charge in [0.2, 0.25) is 0 Å². The topological polar surface area (TPSA) is 26.3 Å². The minimum Gasteiger partial charge on any atom is -0.462 e. The second-order valence-corrected chi connectivity index (χ2v) is 6.33. The average Bonchev–Trinajstić information content (AvgIpc) is 2.86. The van der Waals surface area contributed by atoms with Gasteiger partial charge in [0.1, 0.15) is 6.10 Å². The highest BCUT2D eigenvalue weighted by molar-refractivity contribution is 5.71. The third-order valence-electron chi connectivity index (χ3n) is 4.35. The SMILES string of the molecule is CCCCCCCCCCCCCC[C@H]1CCC(=O)O1. The fourth-order valence-electron chi connectivity index (χ4n) is 3.00. The summed E-state index contributed by atoms with van der Waals surface area (Å²) in [4.78, 5) is 10.9. The van der Waals surface area contributed by atoms with Crippen molar-refractivity contribution in [3.8, 4) is 0 Å². The van der Waals surface area contributed by atoms with Crippen LogP contribution in [0, 0.1) is 0 Å². The molecule has 1 heterocycles. The van der Waals surface area contributed by atoms with Gasteiger partial charge in [-0.05, 0) is 19.3 Å². The third kappa shape index (κ3) is 9.39. The summed E-state index contributed by atoms with van der Waals surface area (Å²) in [7, 11) is 0. The molecule has 1 aliphatic heterocycles.